The maximum Gasteiger partial charge on any atom is 0.221 e. The largest absolute Gasteiger partial charge is 0.326 e. The molecule has 7 nitrogen and oxygen atoms in total. The summed E-state index contributed by atoms with van der Waals surface area (Å²) in [5.41, 5.74) is 7.24. The summed E-state index contributed by atoms with van der Waals surface area (Å²) in [4.78, 5) is 24.5. The summed E-state index contributed by atoms with van der Waals surface area (Å²) in [5, 5.41) is 2.81. The average molecular weight is 360 g/mol. The van der Waals surface area contributed by atoms with Gasteiger partial charge in [0.15, 0.2) is 0 Å². The zero-order chi connectivity index (χ0) is 18.6. The summed E-state index contributed by atoms with van der Waals surface area (Å²) in [5.74, 6) is 1.75. The molecule has 3 heterocycles. The molecule has 4 rings (SSSR count). The first-order valence-electron chi connectivity index (χ1n) is 8.83. The van der Waals surface area contributed by atoms with E-state index in [-0.39, 0.29) is 5.91 Å². The Morgan fingerprint density at radius 3 is 2.96 bits per heavy atom. The zero-order valence-electron chi connectivity index (χ0n) is 15.0. The molecule has 7 heteroatoms. The van der Waals surface area contributed by atoms with Gasteiger partial charge in [0.05, 0.1) is 18.3 Å². The molecule has 0 unspecified atom stereocenters. The van der Waals surface area contributed by atoms with Crippen molar-refractivity contribution in [3.63, 3.8) is 0 Å². The second-order valence-electron chi connectivity index (χ2n) is 6.38. The second-order valence-corrected chi connectivity index (χ2v) is 6.38. The summed E-state index contributed by atoms with van der Waals surface area (Å²) < 4.78 is 1.96. The first kappa shape index (κ1) is 17.0. The number of hydrogen-bond acceptors (Lipinski definition) is 4. The summed E-state index contributed by atoms with van der Waals surface area (Å²) in [6, 6.07) is 11.7. The van der Waals surface area contributed by atoms with Crippen molar-refractivity contribution in [2.45, 2.75) is 19.8 Å². The minimum Gasteiger partial charge on any atom is -0.326 e. The number of hydrogen-bond donors (Lipinski definition) is 2. The Kier molecular flexibility index (Phi) is 4.65. The van der Waals surface area contributed by atoms with E-state index in [9.17, 15) is 4.79 Å². The van der Waals surface area contributed by atoms with Gasteiger partial charge >= 0.3 is 0 Å². The van der Waals surface area contributed by atoms with Crippen molar-refractivity contribution >= 4 is 17.4 Å². The van der Waals surface area contributed by atoms with Crippen LogP contribution in [-0.4, -0.2) is 32.9 Å². The molecule has 2 aromatic heterocycles. The van der Waals surface area contributed by atoms with Gasteiger partial charge in [0.1, 0.15) is 11.7 Å². The van der Waals surface area contributed by atoms with E-state index in [0.717, 1.165) is 35.0 Å². The molecule has 0 bridgehead atoms. The van der Waals surface area contributed by atoms with Crippen LogP contribution in [0.25, 0.3) is 11.3 Å². The van der Waals surface area contributed by atoms with Crippen molar-refractivity contribution in [3.05, 3.63) is 66.4 Å². The molecule has 1 aliphatic rings. The molecule has 0 spiro atoms. The smallest absolute Gasteiger partial charge is 0.221 e. The Hall–Kier alpha value is -3.48. The number of rotatable bonds is 5. The Bertz CT molecular complexity index is 993. The highest BCUT2D eigenvalue weighted by Crippen LogP contribution is 2.25. The summed E-state index contributed by atoms with van der Waals surface area (Å²) >= 11 is 0. The van der Waals surface area contributed by atoms with Gasteiger partial charge in [-0.05, 0) is 36.2 Å². The molecule has 0 fully saturated rings. The fraction of sp³-hybridized carbons (Fsp3) is 0.200. The quantitative estimate of drug-likeness (QED) is 0.733. The topological polar surface area (TPSA) is 84.2 Å². The summed E-state index contributed by atoms with van der Waals surface area (Å²) in [6.07, 6.45) is 6.99. The van der Waals surface area contributed by atoms with Gasteiger partial charge in [-0.15, -0.1) is 0 Å². The highest BCUT2D eigenvalue weighted by molar-refractivity contribution is 5.94. The first-order valence-corrected chi connectivity index (χ1v) is 8.83. The number of carbonyl (C=O) groups excluding carboxylic acids is 1. The van der Waals surface area contributed by atoms with E-state index >= 15 is 0 Å². The van der Waals surface area contributed by atoms with Crippen LogP contribution in [0, 0.1) is 0 Å². The van der Waals surface area contributed by atoms with Crippen LogP contribution in [0.4, 0.5) is 5.69 Å². The van der Waals surface area contributed by atoms with Crippen LogP contribution in [0.1, 0.15) is 18.3 Å². The predicted molar refractivity (Wildman–Crippen MR) is 105 cm³/mol. The van der Waals surface area contributed by atoms with Crippen LogP contribution in [-0.2, 0) is 17.6 Å². The minimum atomic E-state index is -0.0904. The molecular weight excluding hydrogens is 340 g/mol. The molecule has 3 aromatic rings. The van der Waals surface area contributed by atoms with Gasteiger partial charge in [0.25, 0.3) is 0 Å². The van der Waals surface area contributed by atoms with Gasteiger partial charge in [-0.25, -0.2) is 9.66 Å². The lowest BCUT2D eigenvalue weighted by molar-refractivity contribution is -0.114. The highest BCUT2D eigenvalue weighted by Gasteiger charge is 2.21. The predicted octanol–water partition coefficient (Wildman–Crippen LogP) is 2.64. The van der Waals surface area contributed by atoms with E-state index in [2.05, 4.69) is 25.7 Å². The standard InChI is InChI=1S/C20H20N6O/c1-14(27)24-17-4-2-3-16(11-17)18-13-23-20-12-19(25-26(18)20)22-10-7-15-5-8-21-9-6-15/h2-6,8-9,11,13H,7,10,12H2,1H3,(H,22,25)(H,24,27). The minimum absolute atomic E-state index is 0.0904. The van der Waals surface area contributed by atoms with Crippen LogP contribution in [0.3, 0.4) is 0 Å². The van der Waals surface area contributed by atoms with E-state index in [0.29, 0.717) is 13.0 Å². The van der Waals surface area contributed by atoms with Crippen molar-refractivity contribution in [3.8, 4) is 11.3 Å². The third kappa shape index (κ3) is 3.87. The number of fused-ring (bicyclic) bond motifs is 1. The number of amidine groups is 1. The molecule has 0 saturated carbocycles. The fourth-order valence-corrected chi connectivity index (χ4v) is 3.08. The van der Waals surface area contributed by atoms with Crippen LogP contribution in [0.2, 0.25) is 0 Å². The fourth-order valence-electron chi connectivity index (χ4n) is 3.08. The molecule has 1 aromatic carbocycles. The molecule has 0 saturated heterocycles. The monoisotopic (exact) mass is 360 g/mol. The van der Waals surface area contributed by atoms with Crippen LogP contribution in [0.5, 0.6) is 0 Å². The second kappa shape index (κ2) is 7.41. The number of aromatic nitrogens is 3. The number of amides is 1. The van der Waals surface area contributed by atoms with Gasteiger partial charge in [0.2, 0.25) is 5.91 Å². The maximum absolute atomic E-state index is 11.3. The highest BCUT2D eigenvalue weighted by atomic mass is 16.1. The molecule has 0 radical (unpaired) electrons. The number of anilines is 1. The summed E-state index contributed by atoms with van der Waals surface area (Å²) in [7, 11) is 0. The van der Waals surface area contributed by atoms with Gasteiger partial charge in [-0.2, -0.15) is 0 Å². The molecule has 27 heavy (non-hydrogen) atoms. The third-order valence-corrected chi connectivity index (χ3v) is 4.33. The molecule has 0 aliphatic carbocycles. The van der Waals surface area contributed by atoms with E-state index in [1.54, 1.807) is 12.4 Å². The number of carbonyl (C=O) groups is 1. The van der Waals surface area contributed by atoms with E-state index < -0.39 is 0 Å². The van der Waals surface area contributed by atoms with Crippen LogP contribution < -0.4 is 10.7 Å². The molecule has 1 amide bonds. The Morgan fingerprint density at radius 1 is 1.30 bits per heavy atom. The van der Waals surface area contributed by atoms with Crippen molar-refractivity contribution in [1.82, 2.24) is 14.6 Å². The Labute approximate surface area is 157 Å². The molecule has 0 atom stereocenters. The SMILES string of the molecule is CC(=O)Nc1cccc(-c2cnc3n2NC(=NCCc2ccncc2)C3)c1. The van der Waals surface area contributed by atoms with Crippen molar-refractivity contribution in [2.75, 3.05) is 17.3 Å². The van der Waals surface area contributed by atoms with Gasteiger partial charge in [-0.1, -0.05) is 12.1 Å². The molecule has 136 valence electrons. The van der Waals surface area contributed by atoms with Crippen molar-refractivity contribution in [2.24, 2.45) is 4.99 Å². The number of pyridine rings is 1. The number of nitrogens with one attached hydrogen (secondary N) is 2. The molecular formula is C20H20N6O. The van der Waals surface area contributed by atoms with Gasteiger partial charge < -0.3 is 5.32 Å². The lowest BCUT2D eigenvalue weighted by atomic mass is 10.1. The lowest BCUT2D eigenvalue weighted by Crippen LogP contribution is -2.16. The summed E-state index contributed by atoms with van der Waals surface area (Å²) in [6.45, 7) is 2.21. The lowest BCUT2D eigenvalue weighted by Gasteiger charge is -2.09. The first-order chi connectivity index (χ1) is 13.2. The molecule has 2 N–H and O–H groups in total. The third-order valence-electron chi connectivity index (χ3n) is 4.33. The average Bonchev–Trinajstić information content (AvgIpc) is 3.22. The normalized spacial score (nSPS) is 14.0. The number of aliphatic imine (C=N–C) groups is 1. The zero-order valence-corrected chi connectivity index (χ0v) is 15.0. The Balaban J connectivity index is 1.47. The van der Waals surface area contributed by atoms with Crippen molar-refractivity contribution in [1.29, 1.82) is 0 Å². The molecule has 1 aliphatic heterocycles. The Morgan fingerprint density at radius 2 is 2.15 bits per heavy atom. The van der Waals surface area contributed by atoms with Crippen molar-refractivity contribution < 1.29 is 4.79 Å². The van der Waals surface area contributed by atoms with Crippen LogP contribution in [0.15, 0.2) is 60.0 Å². The number of imidazole rings is 1. The van der Waals surface area contributed by atoms with E-state index in [1.807, 2.05) is 47.3 Å². The maximum atomic E-state index is 11.3. The van der Waals surface area contributed by atoms with Gasteiger partial charge in [-0.3, -0.25) is 20.2 Å². The number of benzene rings is 1. The van der Waals surface area contributed by atoms with Crippen LogP contribution >= 0.6 is 0 Å². The number of nitrogens with zero attached hydrogens (tertiary/aromatic N) is 4. The van der Waals surface area contributed by atoms with E-state index in [4.69, 9.17) is 0 Å². The van der Waals surface area contributed by atoms with Gasteiger partial charge in [0, 0.05) is 37.1 Å². The van der Waals surface area contributed by atoms with E-state index in [1.165, 1.54) is 12.5 Å².